The average Bonchev–Trinajstić information content (AvgIpc) is 2.62. The Balaban J connectivity index is 2.17. The van der Waals surface area contributed by atoms with Crippen LogP contribution in [-0.2, 0) is 10.0 Å². The maximum atomic E-state index is 12.6. The van der Waals surface area contributed by atoms with Gasteiger partial charge in [-0.05, 0) is 36.4 Å². The zero-order chi connectivity index (χ0) is 16.1. The van der Waals surface area contributed by atoms with Gasteiger partial charge in [-0.2, -0.15) is 8.42 Å². The van der Waals surface area contributed by atoms with Gasteiger partial charge in [0.05, 0.1) is 4.90 Å². The Morgan fingerprint density at radius 2 is 1.00 bits per heavy atom. The molecule has 0 unspecified atom stereocenters. The largest absolute Gasteiger partial charge is 0.317 e. The first-order valence-electron chi connectivity index (χ1n) is 7.10. The molecule has 3 aromatic rings. The van der Waals surface area contributed by atoms with Crippen molar-refractivity contribution in [3.05, 3.63) is 91.0 Å². The fourth-order valence-corrected chi connectivity index (χ4v) is 5.83. The van der Waals surface area contributed by atoms with Gasteiger partial charge in [0.2, 0.25) is 0 Å². The smallest absolute Gasteiger partial charge is 0.196 e. The van der Waals surface area contributed by atoms with E-state index in [1.54, 1.807) is 30.3 Å². The summed E-state index contributed by atoms with van der Waals surface area (Å²) in [5, 5.41) is 1.82. The van der Waals surface area contributed by atoms with Crippen molar-refractivity contribution >= 4 is 28.3 Å². The van der Waals surface area contributed by atoms with Crippen molar-refractivity contribution in [3.63, 3.8) is 0 Å². The second-order valence-corrected chi connectivity index (χ2v) is 8.58. The molecule has 0 saturated carbocycles. The molecule has 0 aliphatic carbocycles. The van der Waals surface area contributed by atoms with E-state index in [4.69, 9.17) is 0 Å². The second kappa shape index (κ2) is 6.86. The summed E-state index contributed by atoms with van der Waals surface area (Å²) in [6.45, 7) is 0. The molecule has 3 aromatic carbocycles. The van der Waals surface area contributed by atoms with E-state index in [2.05, 4.69) is 4.15 Å². The molecule has 0 spiro atoms. The SMILES string of the molecule is O=S(=O)(N=[P+](c1ccccc1)c1ccccc1)c1ccccc1. The van der Waals surface area contributed by atoms with Gasteiger partial charge in [-0.15, -0.1) is 0 Å². The number of hydrogen-bond donors (Lipinski definition) is 0. The highest BCUT2D eigenvalue weighted by molar-refractivity contribution is 7.94. The lowest BCUT2D eigenvalue weighted by Gasteiger charge is -1.97. The third-order valence-electron chi connectivity index (χ3n) is 3.23. The molecule has 0 N–H and O–H groups in total. The molecule has 0 saturated heterocycles. The van der Waals surface area contributed by atoms with Crippen molar-refractivity contribution in [2.45, 2.75) is 4.90 Å². The highest BCUT2D eigenvalue weighted by Gasteiger charge is 2.26. The number of sulfonamides is 1. The van der Waals surface area contributed by atoms with Gasteiger partial charge in [0.25, 0.3) is 7.71 Å². The summed E-state index contributed by atoms with van der Waals surface area (Å²) < 4.78 is 29.5. The van der Waals surface area contributed by atoms with Crippen LogP contribution in [0.5, 0.6) is 0 Å². The monoisotopic (exact) mass is 340 g/mol. The van der Waals surface area contributed by atoms with Crippen LogP contribution >= 0.6 is 7.71 Å². The molecule has 0 heterocycles. The summed E-state index contributed by atoms with van der Waals surface area (Å²) in [7, 11) is -5.03. The molecular formula is C18H15NO2PS+. The number of hydrogen-bond acceptors (Lipinski definition) is 2. The first kappa shape index (κ1) is 15.6. The summed E-state index contributed by atoms with van der Waals surface area (Å²) in [5.41, 5.74) is 0. The fraction of sp³-hybridized carbons (Fsp3) is 0. The molecule has 0 atom stereocenters. The van der Waals surface area contributed by atoms with Crippen LogP contribution in [0, 0.1) is 0 Å². The van der Waals surface area contributed by atoms with Gasteiger partial charge in [0, 0.05) is 4.15 Å². The average molecular weight is 340 g/mol. The van der Waals surface area contributed by atoms with E-state index in [-0.39, 0.29) is 4.90 Å². The molecule has 0 aliphatic heterocycles. The van der Waals surface area contributed by atoms with E-state index in [9.17, 15) is 8.42 Å². The van der Waals surface area contributed by atoms with E-state index in [0.717, 1.165) is 10.6 Å². The Morgan fingerprint density at radius 3 is 1.43 bits per heavy atom. The van der Waals surface area contributed by atoms with Crippen LogP contribution in [-0.4, -0.2) is 8.42 Å². The van der Waals surface area contributed by atoms with Gasteiger partial charge in [-0.1, -0.05) is 54.6 Å². The van der Waals surface area contributed by atoms with E-state index >= 15 is 0 Å². The van der Waals surface area contributed by atoms with E-state index < -0.39 is 17.7 Å². The lowest BCUT2D eigenvalue weighted by atomic mass is 10.4. The standard InChI is InChI=1S/C18H15NO2PS/c20-23(21,18-14-8-3-9-15-18)19-22(16-10-4-1-5-11-16)17-12-6-2-7-13-17/h1-15H/q+1. The first-order valence-corrected chi connectivity index (χ1v) is 9.83. The van der Waals surface area contributed by atoms with Gasteiger partial charge >= 0.3 is 10.0 Å². The van der Waals surface area contributed by atoms with Gasteiger partial charge < -0.3 is 0 Å². The quantitative estimate of drug-likeness (QED) is 0.680. The molecule has 5 heteroatoms. The van der Waals surface area contributed by atoms with Crippen LogP contribution < -0.4 is 10.6 Å². The normalized spacial score (nSPS) is 11.0. The molecule has 23 heavy (non-hydrogen) atoms. The molecule has 114 valence electrons. The zero-order valence-electron chi connectivity index (χ0n) is 12.3. The topological polar surface area (TPSA) is 46.5 Å². The second-order valence-electron chi connectivity index (χ2n) is 4.85. The summed E-state index contributed by atoms with van der Waals surface area (Å²) >= 11 is 0. The molecule has 0 amide bonds. The van der Waals surface area contributed by atoms with Crippen LogP contribution in [0.4, 0.5) is 0 Å². The third kappa shape index (κ3) is 3.73. The van der Waals surface area contributed by atoms with Crippen molar-refractivity contribution in [2.75, 3.05) is 0 Å². The minimum Gasteiger partial charge on any atom is -0.196 e. The maximum Gasteiger partial charge on any atom is 0.317 e. The number of benzene rings is 3. The summed E-state index contributed by atoms with van der Waals surface area (Å²) in [6.07, 6.45) is 0. The van der Waals surface area contributed by atoms with E-state index in [1.165, 1.54) is 0 Å². The van der Waals surface area contributed by atoms with Crippen molar-refractivity contribution in [1.29, 1.82) is 0 Å². The minimum absolute atomic E-state index is 0.222. The highest BCUT2D eigenvalue weighted by atomic mass is 32.2. The molecule has 0 radical (unpaired) electrons. The zero-order valence-corrected chi connectivity index (χ0v) is 14.0. The van der Waals surface area contributed by atoms with Crippen LogP contribution in [0.15, 0.2) is 100 Å². The Hall–Kier alpha value is -2.29. The summed E-state index contributed by atoms with van der Waals surface area (Å²) in [4.78, 5) is 0.222. The maximum absolute atomic E-state index is 12.6. The van der Waals surface area contributed by atoms with Crippen LogP contribution in [0.2, 0.25) is 0 Å². The van der Waals surface area contributed by atoms with Crippen molar-refractivity contribution in [3.8, 4) is 0 Å². The molecule has 3 nitrogen and oxygen atoms in total. The van der Waals surface area contributed by atoms with Gasteiger partial charge in [0.1, 0.15) is 0 Å². The Bertz CT molecular complexity index is 868. The Kier molecular flexibility index (Phi) is 4.65. The lowest BCUT2D eigenvalue weighted by molar-refractivity contribution is 0.598. The molecule has 0 bridgehead atoms. The van der Waals surface area contributed by atoms with E-state index in [1.807, 2.05) is 60.7 Å². The predicted molar refractivity (Wildman–Crippen MR) is 95.1 cm³/mol. The summed E-state index contributed by atoms with van der Waals surface area (Å²) in [6, 6.07) is 27.4. The van der Waals surface area contributed by atoms with Crippen molar-refractivity contribution in [1.82, 2.24) is 0 Å². The Morgan fingerprint density at radius 1 is 0.609 bits per heavy atom. The van der Waals surface area contributed by atoms with Crippen LogP contribution in [0.3, 0.4) is 0 Å². The fourth-order valence-electron chi connectivity index (χ4n) is 2.13. The minimum atomic E-state index is -3.70. The van der Waals surface area contributed by atoms with Crippen molar-refractivity contribution in [2.24, 2.45) is 4.15 Å². The molecule has 0 aromatic heterocycles. The van der Waals surface area contributed by atoms with Gasteiger partial charge in [-0.25, -0.2) is 0 Å². The highest BCUT2D eigenvalue weighted by Crippen LogP contribution is 2.28. The lowest BCUT2D eigenvalue weighted by Crippen LogP contribution is -2.08. The van der Waals surface area contributed by atoms with Gasteiger partial charge in [0.15, 0.2) is 10.6 Å². The molecular weight excluding hydrogens is 325 g/mol. The predicted octanol–water partition coefficient (Wildman–Crippen LogP) is 3.69. The molecule has 0 fully saturated rings. The number of nitrogens with zero attached hydrogens (tertiary/aromatic N) is 1. The third-order valence-corrected chi connectivity index (χ3v) is 7.19. The summed E-state index contributed by atoms with van der Waals surface area (Å²) in [5.74, 6) is 0. The van der Waals surface area contributed by atoms with Crippen molar-refractivity contribution < 1.29 is 8.42 Å². The molecule has 0 aliphatic rings. The van der Waals surface area contributed by atoms with Gasteiger partial charge in [-0.3, -0.25) is 0 Å². The van der Waals surface area contributed by atoms with E-state index in [0.29, 0.717) is 0 Å². The van der Waals surface area contributed by atoms with Crippen LogP contribution in [0.25, 0.3) is 0 Å². The van der Waals surface area contributed by atoms with Crippen LogP contribution in [0.1, 0.15) is 0 Å². The first-order chi connectivity index (χ1) is 11.2. The number of rotatable bonds is 4. The Labute approximate surface area is 137 Å². The molecule has 3 rings (SSSR count).